The molecule has 0 bridgehead atoms. The minimum atomic E-state index is -1.23. The molecular weight excluding hydrogens is 522 g/mol. The molecule has 2 heterocycles. The Kier molecular flexibility index (Phi) is 11.6. The van der Waals surface area contributed by atoms with Crippen LogP contribution in [0.3, 0.4) is 0 Å². The SMILES string of the molecule is CCCc1nn(C)c2c(=O)n(CCOc3ccc(C[C@H](OCC)C(=O)[O-])cc3)c(C)nc12.C[C@@H]([NH3+])c1ccccc1. The maximum absolute atomic E-state index is 13.0. The van der Waals surface area contributed by atoms with E-state index in [2.05, 4.69) is 41.8 Å². The van der Waals surface area contributed by atoms with Crippen molar-refractivity contribution in [2.75, 3.05) is 13.2 Å². The van der Waals surface area contributed by atoms with Crippen molar-refractivity contribution in [1.82, 2.24) is 19.3 Å². The number of quaternary nitrogens is 1. The second-order valence-corrected chi connectivity index (χ2v) is 9.90. The summed E-state index contributed by atoms with van der Waals surface area (Å²) in [5.74, 6) is 0.0190. The molecule has 0 amide bonds. The lowest BCUT2D eigenvalue weighted by atomic mass is 10.1. The van der Waals surface area contributed by atoms with Gasteiger partial charge in [-0.3, -0.25) is 14.0 Å². The molecule has 0 spiro atoms. The lowest BCUT2D eigenvalue weighted by Crippen LogP contribution is -2.51. The number of hydrogen-bond acceptors (Lipinski definition) is 7. The summed E-state index contributed by atoms with van der Waals surface area (Å²) in [6.45, 7) is 8.65. The predicted octanol–water partition coefficient (Wildman–Crippen LogP) is 2.16. The number of nitrogens with zero attached hydrogens (tertiary/aromatic N) is 4. The van der Waals surface area contributed by atoms with Crippen LogP contribution in [0.1, 0.15) is 55.9 Å². The van der Waals surface area contributed by atoms with Crippen molar-refractivity contribution in [3.05, 3.63) is 87.6 Å². The summed E-state index contributed by atoms with van der Waals surface area (Å²) in [6.07, 6.45) is 0.957. The second-order valence-electron chi connectivity index (χ2n) is 9.90. The zero-order chi connectivity index (χ0) is 29.9. The molecule has 41 heavy (non-hydrogen) atoms. The maximum Gasteiger partial charge on any atom is 0.279 e. The Balaban J connectivity index is 0.000000436. The lowest BCUT2D eigenvalue weighted by Gasteiger charge is -2.18. The molecule has 0 saturated carbocycles. The van der Waals surface area contributed by atoms with Crippen molar-refractivity contribution in [1.29, 1.82) is 0 Å². The van der Waals surface area contributed by atoms with Crippen molar-refractivity contribution in [2.45, 2.75) is 65.6 Å². The highest BCUT2D eigenvalue weighted by Gasteiger charge is 2.17. The zero-order valence-electron chi connectivity index (χ0n) is 24.6. The highest BCUT2D eigenvalue weighted by atomic mass is 16.5. The zero-order valence-corrected chi connectivity index (χ0v) is 24.6. The predicted molar refractivity (Wildman–Crippen MR) is 155 cm³/mol. The Morgan fingerprint density at radius 2 is 1.78 bits per heavy atom. The molecule has 4 aromatic rings. The van der Waals surface area contributed by atoms with Gasteiger partial charge in [0, 0.05) is 25.6 Å². The van der Waals surface area contributed by atoms with E-state index >= 15 is 0 Å². The number of carbonyl (C=O) groups is 1. The standard InChI is InChI=1S/C23H30N4O5.C8H11N/c1-5-7-18-20-21(26(4)25-18)22(28)27(15(3)24-20)12-13-32-17-10-8-16(9-11-17)14-19(23(29)30)31-6-2;1-7(9)8-5-3-2-4-6-8/h8-11,19H,5-7,12-14H2,1-4H3,(H,29,30);2-7H,9H2,1H3/t19-;7-/m01/s1. The number of hydrogen-bond donors (Lipinski definition) is 1. The summed E-state index contributed by atoms with van der Waals surface area (Å²) in [5, 5.41) is 15.6. The van der Waals surface area contributed by atoms with Gasteiger partial charge in [0.05, 0.1) is 18.2 Å². The molecule has 2 aromatic heterocycles. The molecule has 0 fully saturated rings. The molecule has 4 rings (SSSR count). The summed E-state index contributed by atoms with van der Waals surface area (Å²) in [6, 6.07) is 17.8. The van der Waals surface area contributed by atoms with Gasteiger partial charge in [0.15, 0.2) is 5.52 Å². The van der Waals surface area contributed by atoms with E-state index in [0.29, 0.717) is 41.8 Å². The Hall–Kier alpha value is -4.02. The monoisotopic (exact) mass is 563 g/mol. The molecule has 2 atom stereocenters. The summed E-state index contributed by atoms with van der Waals surface area (Å²) in [7, 11) is 1.76. The van der Waals surface area contributed by atoms with Gasteiger partial charge in [-0.15, -0.1) is 0 Å². The van der Waals surface area contributed by atoms with E-state index in [1.54, 1.807) is 47.5 Å². The fourth-order valence-corrected chi connectivity index (χ4v) is 4.47. The molecule has 10 heteroatoms. The van der Waals surface area contributed by atoms with Crippen molar-refractivity contribution in [2.24, 2.45) is 7.05 Å². The summed E-state index contributed by atoms with van der Waals surface area (Å²) in [4.78, 5) is 28.8. The average molecular weight is 564 g/mol. The van der Waals surface area contributed by atoms with Crippen LogP contribution in [-0.2, 0) is 36.0 Å². The fourth-order valence-electron chi connectivity index (χ4n) is 4.47. The lowest BCUT2D eigenvalue weighted by molar-refractivity contribution is -0.420. The Morgan fingerprint density at radius 1 is 1.10 bits per heavy atom. The third kappa shape index (κ3) is 8.48. The van der Waals surface area contributed by atoms with Crippen LogP contribution in [0.15, 0.2) is 59.4 Å². The molecule has 3 N–H and O–H groups in total. The van der Waals surface area contributed by atoms with Gasteiger partial charge in [0.1, 0.15) is 35.8 Å². The van der Waals surface area contributed by atoms with Crippen LogP contribution in [0.25, 0.3) is 11.0 Å². The summed E-state index contributed by atoms with van der Waals surface area (Å²) in [5.41, 5.74) is 7.91. The fraction of sp³-hybridized carbons (Fsp3) is 0.419. The molecule has 0 aliphatic heterocycles. The molecule has 10 nitrogen and oxygen atoms in total. The molecule has 0 aliphatic rings. The molecule has 0 aliphatic carbocycles. The van der Waals surface area contributed by atoms with E-state index in [-0.39, 0.29) is 18.6 Å². The number of carboxylic acids is 1. The largest absolute Gasteiger partial charge is 0.547 e. The Bertz CT molecular complexity index is 1460. The van der Waals surface area contributed by atoms with Gasteiger partial charge >= 0.3 is 0 Å². The summed E-state index contributed by atoms with van der Waals surface area (Å²) < 4.78 is 14.2. The highest BCUT2D eigenvalue weighted by molar-refractivity contribution is 5.76. The molecule has 2 aromatic carbocycles. The van der Waals surface area contributed by atoms with Crippen molar-refractivity contribution >= 4 is 17.0 Å². The van der Waals surface area contributed by atoms with E-state index in [4.69, 9.17) is 9.47 Å². The van der Waals surface area contributed by atoms with Gasteiger partial charge in [-0.25, -0.2) is 4.98 Å². The van der Waals surface area contributed by atoms with Crippen LogP contribution in [-0.4, -0.2) is 44.6 Å². The van der Waals surface area contributed by atoms with E-state index in [1.807, 2.05) is 25.1 Å². The first-order chi connectivity index (χ1) is 19.7. The first kappa shape index (κ1) is 31.5. The van der Waals surface area contributed by atoms with E-state index in [0.717, 1.165) is 24.1 Å². The van der Waals surface area contributed by atoms with Gasteiger partial charge in [-0.2, -0.15) is 5.10 Å². The molecular formula is C31H41N5O5. The third-order valence-electron chi connectivity index (χ3n) is 6.62. The number of rotatable bonds is 12. The van der Waals surface area contributed by atoms with Crippen LogP contribution in [0.2, 0.25) is 0 Å². The first-order valence-corrected chi connectivity index (χ1v) is 14.0. The van der Waals surface area contributed by atoms with Crippen molar-refractivity contribution in [3.8, 4) is 5.75 Å². The average Bonchev–Trinajstić information content (AvgIpc) is 3.26. The van der Waals surface area contributed by atoms with Gasteiger partial charge in [-0.1, -0.05) is 55.8 Å². The minimum Gasteiger partial charge on any atom is -0.547 e. The Labute approximate surface area is 240 Å². The summed E-state index contributed by atoms with van der Waals surface area (Å²) >= 11 is 0. The minimum absolute atomic E-state index is 0.131. The van der Waals surface area contributed by atoms with Gasteiger partial charge in [0.25, 0.3) is 5.56 Å². The number of fused-ring (bicyclic) bond motifs is 1. The topological polar surface area (TPSA) is 139 Å². The first-order valence-electron chi connectivity index (χ1n) is 14.0. The van der Waals surface area contributed by atoms with Gasteiger partial charge in [-0.05, 0) is 44.9 Å². The van der Waals surface area contributed by atoms with Crippen LogP contribution < -0.4 is 21.1 Å². The van der Waals surface area contributed by atoms with E-state index < -0.39 is 12.1 Å². The van der Waals surface area contributed by atoms with Crippen molar-refractivity contribution in [3.63, 3.8) is 0 Å². The van der Waals surface area contributed by atoms with Crippen molar-refractivity contribution < 1.29 is 25.1 Å². The normalized spacial score (nSPS) is 12.4. The van der Waals surface area contributed by atoms with Gasteiger partial charge < -0.3 is 25.1 Å². The van der Waals surface area contributed by atoms with Crippen LogP contribution >= 0.6 is 0 Å². The van der Waals surface area contributed by atoms with Crippen LogP contribution in [0, 0.1) is 6.92 Å². The molecule has 0 saturated heterocycles. The third-order valence-corrected chi connectivity index (χ3v) is 6.62. The molecule has 220 valence electrons. The number of carboxylic acid groups (broad SMARTS) is 1. The van der Waals surface area contributed by atoms with E-state index in [1.165, 1.54) is 5.56 Å². The number of benzene rings is 2. The number of aliphatic carboxylic acids is 1. The second kappa shape index (κ2) is 15.1. The molecule has 0 radical (unpaired) electrons. The Morgan fingerprint density at radius 3 is 2.34 bits per heavy atom. The number of aryl methyl sites for hydroxylation is 3. The maximum atomic E-state index is 13.0. The smallest absolute Gasteiger partial charge is 0.279 e. The van der Waals surface area contributed by atoms with Crippen LogP contribution in [0.5, 0.6) is 5.75 Å². The highest BCUT2D eigenvalue weighted by Crippen LogP contribution is 2.16. The quantitative estimate of drug-likeness (QED) is 0.279. The van der Waals surface area contributed by atoms with Crippen LogP contribution in [0.4, 0.5) is 0 Å². The number of carbonyl (C=O) groups excluding carboxylic acids is 1. The number of ether oxygens (including phenoxy) is 2. The van der Waals surface area contributed by atoms with E-state index in [9.17, 15) is 14.7 Å². The number of aromatic nitrogens is 4. The van der Waals surface area contributed by atoms with Gasteiger partial charge in [0.2, 0.25) is 0 Å². The molecule has 0 unspecified atom stereocenters.